The molecular weight excluding hydrogens is 729 g/mol. The number of nitrogens with zero attached hydrogens (tertiary/aromatic N) is 6. The molecule has 3 aromatic carbocycles. The highest BCUT2D eigenvalue weighted by molar-refractivity contribution is 5.82. The van der Waals surface area contributed by atoms with E-state index in [-0.39, 0.29) is 0 Å². The molecule has 8 nitrogen and oxygen atoms in total. The van der Waals surface area contributed by atoms with Crippen LogP contribution in [0.15, 0.2) is 103 Å². The lowest BCUT2D eigenvalue weighted by atomic mass is 10.00. The summed E-state index contributed by atoms with van der Waals surface area (Å²) >= 11 is 0. The van der Waals surface area contributed by atoms with Crippen LogP contribution in [0.25, 0.3) is 32.7 Å². The highest BCUT2D eigenvalue weighted by atomic mass is 16.6. The number of pyridine rings is 2. The lowest BCUT2D eigenvalue weighted by molar-refractivity contribution is 0.164. The van der Waals surface area contributed by atoms with E-state index in [0.29, 0.717) is 42.9 Å². The Morgan fingerprint density at radius 3 is 1.69 bits per heavy atom. The van der Waals surface area contributed by atoms with Gasteiger partial charge in [0.15, 0.2) is 5.75 Å². The van der Waals surface area contributed by atoms with Crippen molar-refractivity contribution in [1.29, 1.82) is 0 Å². The van der Waals surface area contributed by atoms with Crippen molar-refractivity contribution in [1.82, 2.24) is 29.5 Å². The van der Waals surface area contributed by atoms with E-state index in [1.54, 1.807) is 0 Å². The van der Waals surface area contributed by atoms with Gasteiger partial charge in [0.2, 0.25) is 0 Å². The van der Waals surface area contributed by atoms with Crippen LogP contribution in [0.3, 0.4) is 0 Å². The van der Waals surface area contributed by atoms with Crippen molar-refractivity contribution >= 4 is 32.7 Å². The molecule has 0 amide bonds. The van der Waals surface area contributed by atoms with Crippen molar-refractivity contribution < 1.29 is 9.47 Å². The van der Waals surface area contributed by atoms with Gasteiger partial charge in [0.05, 0.1) is 28.9 Å². The molecule has 4 aromatic heterocycles. The fourth-order valence-electron chi connectivity index (χ4n) is 5.78. The molecule has 0 spiro atoms. The number of hydrogen-bond donors (Lipinski definition) is 0. The molecule has 0 fully saturated rings. The molecular formula is C51H76N6O2. The molecule has 59 heavy (non-hydrogen) atoms. The van der Waals surface area contributed by atoms with Gasteiger partial charge in [-0.15, -0.1) is 0 Å². The maximum atomic E-state index is 5.38. The zero-order chi connectivity index (χ0) is 44.5. The topological polar surface area (TPSA) is 79.9 Å². The summed E-state index contributed by atoms with van der Waals surface area (Å²) in [6.07, 6.45) is 3.86. The molecule has 0 N–H and O–H groups in total. The van der Waals surface area contributed by atoms with Crippen LogP contribution in [0.1, 0.15) is 152 Å². The Kier molecular flexibility index (Phi) is 24.8. The van der Waals surface area contributed by atoms with Gasteiger partial charge in [0.1, 0.15) is 13.2 Å². The van der Waals surface area contributed by atoms with E-state index >= 15 is 0 Å². The molecule has 8 heteroatoms. The Hall–Kier alpha value is -5.24. The van der Waals surface area contributed by atoms with E-state index in [0.717, 1.165) is 17.0 Å². The third-order valence-electron chi connectivity index (χ3n) is 8.67. The fourth-order valence-corrected chi connectivity index (χ4v) is 5.78. The Labute approximate surface area is 357 Å². The Morgan fingerprint density at radius 2 is 1.07 bits per heavy atom. The molecule has 0 unspecified atom stereocenters. The second kappa shape index (κ2) is 28.2. The van der Waals surface area contributed by atoms with Crippen LogP contribution in [0, 0.1) is 0 Å². The minimum atomic E-state index is 0.427. The van der Waals surface area contributed by atoms with E-state index in [9.17, 15) is 0 Å². The van der Waals surface area contributed by atoms with Gasteiger partial charge in [-0.3, -0.25) is 14.3 Å². The minimum Gasteiger partial charge on any atom is -0.484 e. The van der Waals surface area contributed by atoms with E-state index in [1.165, 1.54) is 38.4 Å². The van der Waals surface area contributed by atoms with Crippen molar-refractivity contribution in [2.75, 3.05) is 13.2 Å². The van der Waals surface area contributed by atoms with Gasteiger partial charge in [-0.2, -0.15) is 10.2 Å². The monoisotopic (exact) mass is 805 g/mol. The van der Waals surface area contributed by atoms with E-state index < -0.39 is 0 Å². The number of aromatic nitrogens is 6. The second-order valence-corrected chi connectivity index (χ2v) is 13.9. The predicted octanol–water partition coefficient (Wildman–Crippen LogP) is 14.8. The summed E-state index contributed by atoms with van der Waals surface area (Å²) in [5, 5.41) is 12.3. The number of fused-ring (bicyclic) bond motifs is 4. The summed E-state index contributed by atoms with van der Waals surface area (Å²) in [7, 11) is 1.98. The van der Waals surface area contributed by atoms with E-state index in [4.69, 9.17) is 9.47 Å². The van der Waals surface area contributed by atoms with Crippen molar-refractivity contribution in [3.63, 3.8) is 0 Å². The smallest absolute Gasteiger partial charge is 0.257 e. The number of benzene rings is 3. The fraction of sp³-hybridized carbons (Fsp3) is 0.451. The van der Waals surface area contributed by atoms with Gasteiger partial charge >= 0.3 is 0 Å². The van der Waals surface area contributed by atoms with Crippen LogP contribution < -0.4 is 9.47 Å². The van der Waals surface area contributed by atoms with Crippen LogP contribution in [-0.2, 0) is 7.05 Å². The van der Waals surface area contributed by atoms with Crippen LogP contribution in [-0.4, -0.2) is 42.7 Å². The first kappa shape index (κ1) is 51.8. The van der Waals surface area contributed by atoms with Crippen molar-refractivity contribution in [3.8, 4) is 11.6 Å². The van der Waals surface area contributed by atoms with Gasteiger partial charge < -0.3 is 9.47 Å². The first-order valence-electron chi connectivity index (χ1n) is 22.0. The predicted molar refractivity (Wildman–Crippen MR) is 255 cm³/mol. The molecule has 0 bridgehead atoms. The second-order valence-electron chi connectivity index (χ2n) is 13.9. The Bertz CT molecular complexity index is 2160. The molecule has 1 aliphatic rings. The summed E-state index contributed by atoms with van der Waals surface area (Å²) in [5.41, 5.74) is 7.11. The zero-order valence-electron chi connectivity index (χ0n) is 39.5. The van der Waals surface area contributed by atoms with Gasteiger partial charge in [-0.25, -0.2) is 4.98 Å². The lowest BCUT2D eigenvalue weighted by Crippen LogP contribution is -2.16. The largest absolute Gasteiger partial charge is 0.484 e. The molecule has 0 atom stereocenters. The van der Waals surface area contributed by atoms with Gasteiger partial charge in [-0.1, -0.05) is 152 Å². The first-order chi connectivity index (χ1) is 28.5. The molecule has 322 valence electrons. The average Bonchev–Trinajstić information content (AvgIpc) is 3.90. The third kappa shape index (κ3) is 15.5. The molecule has 0 radical (unpaired) electrons. The number of ether oxygens (including phenoxy) is 2. The van der Waals surface area contributed by atoms with Gasteiger partial charge in [-0.05, 0) is 73.6 Å². The summed E-state index contributed by atoms with van der Waals surface area (Å²) in [6, 6.07) is 31.4. The molecule has 0 saturated heterocycles. The maximum Gasteiger partial charge on any atom is 0.257 e. The SMILES string of the molecule is CC.CC.CC.CC.CC(C)c1ccc2c(n1)OCCO2.CC(C)c1ccc2ccccc2n1.CC(C)c1cccc2c1cnn2C.CC(C)n1ncc2ccccc21. The molecule has 0 saturated carbocycles. The standard InChI is InChI=1S/C12H13N.C11H14N2.C10H12N2.C10H13NO2.4C2H6/c1-9(2)11-8-7-10-5-3-4-6-12(10)13-11;1-8(2)9-5-4-6-11-10(9)7-12-13(11)3;1-8(2)12-10-6-4-3-5-9(10)7-11-12;1-7(2)8-3-4-9-10(11-8)13-6-5-12-9;4*1-2/h3-9H,1-2H3;4-8H,1-3H3;3-8H,1-2H3;3-4,7H,5-6H2,1-2H3;4*1-2H3. The summed E-state index contributed by atoms with van der Waals surface area (Å²) in [6.45, 7) is 34.5. The molecule has 8 rings (SSSR count). The number of para-hydroxylation sites is 2. The lowest BCUT2D eigenvalue weighted by Gasteiger charge is -2.18. The summed E-state index contributed by atoms with van der Waals surface area (Å²) in [4.78, 5) is 8.94. The highest BCUT2D eigenvalue weighted by Crippen LogP contribution is 2.29. The van der Waals surface area contributed by atoms with Gasteiger partial charge in [0.25, 0.3) is 5.88 Å². The van der Waals surface area contributed by atoms with Crippen LogP contribution in [0.4, 0.5) is 0 Å². The molecule has 0 aliphatic carbocycles. The van der Waals surface area contributed by atoms with Crippen molar-refractivity contribution in [2.24, 2.45) is 7.05 Å². The van der Waals surface area contributed by atoms with Crippen molar-refractivity contribution in [3.05, 3.63) is 120 Å². The summed E-state index contributed by atoms with van der Waals surface area (Å²) in [5.74, 6) is 2.89. The normalized spacial score (nSPS) is 10.9. The number of hydrogen-bond acceptors (Lipinski definition) is 6. The third-order valence-corrected chi connectivity index (χ3v) is 8.67. The number of aryl methyl sites for hydroxylation is 1. The molecule has 5 heterocycles. The van der Waals surface area contributed by atoms with Crippen LogP contribution in [0.5, 0.6) is 11.6 Å². The number of rotatable bonds is 4. The summed E-state index contributed by atoms with van der Waals surface area (Å²) < 4.78 is 14.7. The quantitative estimate of drug-likeness (QED) is 0.176. The highest BCUT2D eigenvalue weighted by Gasteiger charge is 2.14. The van der Waals surface area contributed by atoms with E-state index in [1.807, 2.05) is 121 Å². The minimum absolute atomic E-state index is 0.427. The Balaban J connectivity index is 0.000000372. The van der Waals surface area contributed by atoms with Gasteiger partial charge in [0, 0.05) is 40.6 Å². The average molecular weight is 805 g/mol. The first-order valence-corrected chi connectivity index (χ1v) is 22.0. The molecule has 7 aromatic rings. The maximum absolute atomic E-state index is 5.38. The van der Waals surface area contributed by atoms with Crippen LogP contribution in [0.2, 0.25) is 0 Å². The van der Waals surface area contributed by atoms with Crippen molar-refractivity contribution in [2.45, 2.75) is 135 Å². The Morgan fingerprint density at radius 1 is 0.508 bits per heavy atom. The zero-order valence-corrected chi connectivity index (χ0v) is 39.5. The van der Waals surface area contributed by atoms with Crippen LogP contribution >= 0.6 is 0 Å². The van der Waals surface area contributed by atoms with E-state index in [2.05, 4.69) is 130 Å². The molecule has 1 aliphatic heterocycles.